The van der Waals surface area contributed by atoms with Gasteiger partial charge in [0.05, 0.1) is 29.1 Å². The van der Waals surface area contributed by atoms with Crippen molar-refractivity contribution in [1.29, 1.82) is 0 Å². The minimum atomic E-state index is -1.36. The Hall–Kier alpha value is -3.18. The van der Waals surface area contributed by atoms with Gasteiger partial charge in [-0.3, -0.25) is 18.8 Å². The maximum atomic E-state index is 12.5. The number of thiophene rings is 1. The first-order valence-electron chi connectivity index (χ1n) is 8.88. The van der Waals surface area contributed by atoms with E-state index in [-0.39, 0.29) is 19.0 Å². The van der Waals surface area contributed by atoms with Gasteiger partial charge in [-0.05, 0) is 17.9 Å². The van der Waals surface area contributed by atoms with Crippen molar-refractivity contribution in [2.75, 3.05) is 13.1 Å². The van der Waals surface area contributed by atoms with Crippen LogP contribution in [0.1, 0.15) is 22.3 Å². The van der Waals surface area contributed by atoms with E-state index in [4.69, 9.17) is 0 Å². The van der Waals surface area contributed by atoms with Gasteiger partial charge in [0, 0.05) is 24.8 Å². The number of fused-ring (bicyclic) bond motifs is 1. The standard InChI is InChI=1S/C18H18N4O6S/c23-11-1-3-20(8-11)13(24)9-21-6-10(5-19-21)7-22-12-2-4-29-16(12)14(18(27)28)15(25)17(22)26/h2,4-6,11,23,25H,1,3,7-9H2,(H,27,28)/t11-/m1/s1. The normalized spacial score (nSPS) is 16.6. The highest BCUT2D eigenvalue weighted by atomic mass is 32.1. The highest BCUT2D eigenvalue weighted by Gasteiger charge is 2.25. The smallest absolute Gasteiger partial charge is 0.341 e. The first kappa shape index (κ1) is 19.2. The van der Waals surface area contributed by atoms with Crippen LogP contribution in [-0.4, -0.2) is 65.6 Å². The number of hydrogen-bond donors (Lipinski definition) is 3. The average Bonchev–Trinajstić information content (AvgIpc) is 3.40. The molecule has 1 saturated heterocycles. The molecule has 0 spiro atoms. The molecule has 0 unspecified atom stereocenters. The van der Waals surface area contributed by atoms with E-state index in [0.29, 0.717) is 35.3 Å². The molecule has 0 radical (unpaired) electrons. The van der Waals surface area contributed by atoms with Gasteiger partial charge in [-0.1, -0.05) is 0 Å². The fourth-order valence-electron chi connectivity index (χ4n) is 3.47. The Balaban J connectivity index is 1.59. The number of aromatic carboxylic acids is 1. The fraction of sp³-hybridized carbons (Fsp3) is 0.333. The summed E-state index contributed by atoms with van der Waals surface area (Å²) >= 11 is 1.13. The van der Waals surface area contributed by atoms with Gasteiger partial charge in [-0.25, -0.2) is 4.79 Å². The lowest BCUT2D eigenvalue weighted by Gasteiger charge is -2.15. The number of carbonyl (C=O) groups is 2. The molecule has 1 aliphatic rings. The Morgan fingerprint density at radius 3 is 2.83 bits per heavy atom. The van der Waals surface area contributed by atoms with Crippen LogP contribution >= 0.6 is 11.3 Å². The molecule has 0 saturated carbocycles. The highest BCUT2D eigenvalue weighted by Crippen LogP contribution is 2.29. The minimum absolute atomic E-state index is 0.0126. The fourth-order valence-corrected chi connectivity index (χ4v) is 4.41. The summed E-state index contributed by atoms with van der Waals surface area (Å²) in [5.74, 6) is -2.32. The molecule has 3 N–H and O–H groups in total. The highest BCUT2D eigenvalue weighted by molar-refractivity contribution is 7.17. The summed E-state index contributed by atoms with van der Waals surface area (Å²) < 4.78 is 3.04. The lowest BCUT2D eigenvalue weighted by molar-refractivity contribution is -0.131. The molecule has 1 atom stereocenters. The number of aromatic nitrogens is 3. The molecule has 1 amide bonds. The van der Waals surface area contributed by atoms with Crippen LogP contribution in [0.3, 0.4) is 0 Å². The van der Waals surface area contributed by atoms with Crippen molar-refractivity contribution >= 4 is 33.4 Å². The Kier molecular flexibility index (Phi) is 4.84. The summed E-state index contributed by atoms with van der Waals surface area (Å²) in [5.41, 5.74) is -0.171. The summed E-state index contributed by atoms with van der Waals surface area (Å²) in [6.07, 6.45) is 3.20. The van der Waals surface area contributed by atoms with Crippen molar-refractivity contribution in [2.45, 2.75) is 25.6 Å². The molecule has 4 rings (SSSR count). The molecule has 0 aromatic carbocycles. The van der Waals surface area contributed by atoms with Gasteiger partial charge in [-0.2, -0.15) is 5.10 Å². The number of β-amino-alcohol motifs (C(OH)–C–C–N with tert-alkyl or cyclic N) is 1. The number of amides is 1. The Labute approximate surface area is 167 Å². The third-order valence-corrected chi connectivity index (χ3v) is 5.82. The maximum absolute atomic E-state index is 12.5. The van der Waals surface area contributed by atoms with Crippen LogP contribution in [0.2, 0.25) is 0 Å². The third kappa shape index (κ3) is 3.49. The van der Waals surface area contributed by atoms with Crippen LogP contribution in [0, 0.1) is 0 Å². The predicted molar refractivity (Wildman–Crippen MR) is 103 cm³/mol. The number of pyridine rings is 1. The second kappa shape index (κ2) is 7.33. The van der Waals surface area contributed by atoms with Crippen molar-refractivity contribution < 1.29 is 24.9 Å². The Morgan fingerprint density at radius 1 is 1.34 bits per heavy atom. The van der Waals surface area contributed by atoms with E-state index < -0.39 is 28.9 Å². The predicted octanol–water partition coefficient (Wildman–Crippen LogP) is 0.305. The number of carboxylic acid groups (broad SMARTS) is 1. The number of likely N-dealkylation sites (tertiary alicyclic amines) is 1. The number of aliphatic hydroxyl groups is 1. The number of carboxylic acids is 1. The molecule has 11 heteroatoms. The van der Waals surface area contributed by atoms with Gasteiger partial charge in [0.15, 0.2) is 5.75 Å². The van der Waals surface area contributed by atoms with E-state index in [0.717, 1.165) is 11.3 Å². The summed E-state index contributed by atoms with van der Waals surface area (Å²) in [6, 6.07) is 1.62. The van der Waals surface area contributed by atoms with E-state index >= 15 is 0 Å². The minimum Gasteiger partial charge on any atom is -0.502 e. The molecule has 29 heavy (non-hydrogen) atoms. The SMILES string of the molecule is O=C(O)c1c(O)c(=O)n(Cc2cnn(CC(=O)N3CC[C@@H](O)C3)c2)c2ccsc12. The van der Waals surface area contributed by atoms with Crippen molar-refractivity contribution in [3.63, 3.8) is 0 Å². The molecular weight excluding hydrogens is 400 g/mol. The quantitative estimate of drug-likeness (QED) is 0.542. The maximum Gasteiger partial charge on any atom is 0.341 e. The van der Waals surface area contributed by atoms with E-state index in [1.165, 1.54) is 15.4 Å². The number of aliphatic hydroxyl groups excluding tert-OH is 1. The molecule has 3 aromatic heterocycles. The summed E-state index contributed by atoms with van der Waals surface area (Å²) in [4.78, 5) is 37.8. The first-order valence-corrected chi connectivity index (χ1v) is 9.76. The van der Waals surface area contributed by atoms with Crippen LogP contribution in [0.25, 0.3) is 10.2 Å². The second-order valence-corrected chi connectivity index (χ2v) is 7.80. The zero-order chi connectivity index (χ0) is 20.7. The molecule has 4 heterocycles. The lowest BCUT2D eigenvalue weighted by atomic mass is 10.2. The van der Waals surface area contributed by atoms with Crippen LogP contribution in [0.4, 0.5) is 0 Å². The van der Waals surface area contributed by atoms with Gasteiger partial charge in [-0.15, -0.1) is 11.3 Å². The van der Waals surface area contributed by atoms with Crippen molar-refractivity contribution in [3.8, 4) is 5.75 Å². The molecule has 1 fully saturated rings. The van der Waals surface area contributed by atoms with Gasteiger partial charge in [0.1, 0.15) is 12.1 Å². The van der Waals surface area contributed by atoms with Crippen LogP contribution in [0.15, 0.2) is 28.6 Å². The lowest BCUT2D eigenvalue weighted by Crippen LogP contribution is -2.32. The molecule has 1 aliphatic heterocycles. The van der Waals surface area contributed by atoms with Crippen LogP contribution in [0.5, 0.6) is 5.75 Å². The van der Waals surface area contributed by atoms with E-state index in [2.05, 4.69) is 5.10 Å². The van der Waals surface area contributed by atoms with Crippen molar-refractivity contribution in [3.05, 3.63) is 45.3 Å². The molecular formula is C18H18N4O6S. The monoisotopic (exact) mass is 418 g/mol. The Bertz CT molecular complexity index is 1160. The summed E-state index contributed by atoms with van der Waals surface area (Å²) in [5, 5.41) is 34.8. The van der Waals surface area contributed by atoms with Gasteiger partial charge >= 0.3 is 5.97 Å². The second-order valence-electron chi connectivity index (χ2n) is 6.88. The van der Waals surface area contributed by atoms with Crippen LogP contribution in [-0.2, 0) is 17.9 Å². The number of nitrogens with zero attached hydrogens (tertiary/aromatic N) is 4. The van der Waals surface area contributed by atoms with E-state index in [1.807, 2.05) is 0 Å². The van der Waals surface area contributed by atoms with Gasteiger partial charge < -0.3 is 20.2 Å². The topological polar surface area (TPSA) is 138 Å². The molecule has 0 bridgehead atoms. The zero-order valence-electron chi connectivity index (χ0n) is 15.2. The summed E-state index contributed by atoms with van der Waals surface area (Å²) in [7, 11) is 0. The number of carbonyl (C=O) groups excluding carboxylic acids is 1. The number of rotatable bonds is 5. The number of aromatic hydroxyl groups is 1. The first-order chi connectivity index (χ1) is 13.8. The third-order valence-electron chi connectivity index (χ3n) is 4.90. The van der Waals surface area contributed by atoms with Gasteiger partial charge in [0.25, 0.3) is 5.56 Å². The average molecular weight is 418 g/mol. The largest absolute Gasteiger partial charge is 0.502 e. The van der Waals surface area contributed by atoms with Gasteiger partial charge in [0.2, 0.25) is 5.91 Å². The molecule has 0 aliphatic carbocycles. The molecule has 152 valence electrons. The van der Waals surface area contributed by atoms with Crippen molar-refractivity contribution in [2.24, 2.45) is 0 Å². The van der Waals surface area contributed by atoms with Crippen LogP contribution < -0.4 is 5.56 Å². The van der Waals surface area contributed by atoms with E-state index in [1.54, 1.807) is 22.5 Å². The summed E-state index contributed by atoms with van der Waals surface area (Å²) in [6.45, 7) is 0.900. The Morgan fingerprint density at radius 2 is 2.14 bits per heavy atom. The zero-order valence-corrected chi connectivity index (χ0v) is 16.0. The molecule has 3 aromatic rings. The van der Waals surface area contributed by atoms with Crippen molar-refractivity contribution in [1.82, 2.24) is 19.2 Å². The number of hydrogen-bond acceptors (Lipinski definition) is 7. The molecule has 10 nitrogen and oxygen atoms in total. The van der Waals surface area contributed by atoms with E-state index in [9.17, 15) is 29.7 Å².